The number of halogens is 2. The molecule has 3 aromatic carbocycles. The standard InChI is InChI=1S/C29H27F2NO2/c30-23-11-7-21(8-12-23)29(22-9-13-24(31)14-10-22)34-27-18-25-15-16-26(19-27)32(25)28(33)17-6-20-4-2-1-3-5-20/h1-14,17,25-27,29H,15-16,18-19H2/b17-6+. The molecule has 34 heavy (non-hydrogen) atoms. The summed E-state index contributed by atoms with van der Waals surface area (Å²) in [6.07, 6.45) is 6.50. The van der Waals surface area contributed by atoms with Gasteiger partial charge in [0.05, 0.1) is 6.10 Å². The summed E-state index contributed by atoms with van der Waals surface area (Å²) in [6.45, 7) is 0. The van der Waals surface area contributed by atoms with Crippen molar-refractivity contribution in [1.29, 1.82) is 0 Å². The van der Waals surface area contributed by atoms with Crippen LogP contribution in [0.2, 0.25) is 0 Å². The summed E-state index contributed by atoms with van der Waals surface area (Å²) in [5.74, 6) is -0.575. The van der Waals surface area contributed by atoms with E-state index in [1.807, 2.05) is 41.3 Å². The zero-order chi connectivity index (χ0) is 23.5. The molecule has 0 radical (unpaired) electrons. The van der Waals surface area contributed by atoms with Crippen molar-refractivity contribution in [3.8, 4) is 0 Å². The number of rotatable bonds is 6. The predicted molar refractivity (Wildman–Crippen MR) is 128 cm³/mol. The smallest absolute Gasteiger partial charge is 0.247 e. The van der Waals surface area contributed by atoms with Crippen LogP contribution in [0.1, 0.15) is 48.5 Å². The van der Waals surface area contributed by atoms with Gasteiger partial charge in [-0.15, -0.1) is 0 Å². The van der Waals surface area contributed by atoms with E-state index in [4.69, 9.17) is 4.74 Å². The molecule has 2 saturated heterocycles. The van der Waals surface area contributed by atoms with E-state index in [0.717, 1.165) is 42.4 Å². The van der Waals surface area contributed by atoms with E-state index in [1.165, 1.54) is 24.3 Å². The van der Waals surface area contributed by atoms with Crippen molar-refractivity contribution in [2.24, 2.45) is 0 Å². The zero-order valence-corrected chi connectivity index (χ0v) is 18.8. The van der Waals surface area contributed by atoms with Gasteiger partial charge in [-0.3, -0.25) is 4.79 Å². The maximum absolute atomic E-state index is 13.5. The highest BCUT2D eigenvalue weighted by Crippen LogP contribution is 2.40. The lowest BCUT2D eigenvalue weighted by atomic mass is 9.97. The first-order valence-corrected chi connectivity index (χ1v) is 11.8. The quantitative estimate of drug-likeness (QED) is 0.405. The summed E-state index contributed by atoms with van der Waals surface area (Å²) in [6, 6.07) is 22.6. The molecular formula is C29H27F2NO2. The van der Waals surface area contributed by atoms with Crippen molar-refractivity contribution in [3.05, 3.63) is 113 Å². The Kier molecular flexibility index (Phi) is 6.54. The molecule has 2 atom stereocenters. The fraction of sp³-hybridized carbons (Fsp3) is 0.276. The first-order valence-electron chi connectivity index (χ1n) is 11.8. The SMILES string of the molecule is O=C(/C=C/c1ccccc1)N1C2CCC1CC(OC(c1ccc(F)cc1)c1ccc(F)cc1)C2. The molecule has 2 heterocycles. The number of amides is 1. The van der Waals surface area contributed by atoms with E-state index in [1.54, 1.807) is 30.3 Å². The molecule has 2 aliphatic heterocycles. The Morgan fingerprint density at radius 3 is 1.88 bits per heavy atom. The lowest BCUT2D eigenvalue weighted by Gasteiger charge is -2.39. The molecule has 5 rings (SSSR count). The third-order valence-corrected chi connectivity index (χ3v) is 6.84. The van der Waals surface area contributed by atoms with Gasteiger partial charge in [-0.05, 0) is 72.7 Å². The highest BCUT2D eigenvalue weighted by atomic mass is 19.1. The first-order chi connectivity index (χ1) is 16.6. The van der Waals surface area contributed by atoms with Crippen LogP contribution < -0.4 is 0 Å². The van der Waals surface area contributed by atoms with E-state index in [0.29, 0.717) is 0 Å². The number of benzene rings is 3. The van der Waals surface area contributed by atoms with Gasteiger partial charge in [0, 0.05) is 18.2 Å². The van der Waals surface area contributed by atoms with E-state index in [9.17, 15) is 13.6 Å². The van der Waals surface area contributed by atoms with Crippen molar-refractivity contribution in [2.75, 3.05) is 0 Å². The zero-order valence-electron chi connectivity index (χ0n) is 18.8. The van der Waals surface area contributed by atoms with Crippen LogP contribution in [-0.4, -0.2) is 29.0 Å². The second-order valence-electron chi connectivity index (χ2n) is 9.09. The number of ether oxygens (including phenoxy) is 1. The molecule has 0 N–H and O–H groups in total. The highest BCUT2D eigenvalue weighted by Gasteiger charge is 2.43. The number of fused-ring (bicyclic) bond motifs is 2. The summed E-state index contributed by atoms with van der Waals surface area (Å²) in [4.78, 5) is 15.0. The summed E-state index contributed by atoms with van der Waals surface area (Å²) in [5, 5.41) is 0. The molecule has 2 bridgehead atoms. The number of nitrogens with zero attached hydrogens (tertiary/aromatic N) is 1. The molecule has 5 heteroatoms. The Labute approximate surface area is 198 Å². The van der Waals surface area contributed by atoms with Gasteiger partial charge in [-0.1, -0.05) is 54.6 Å². The van der Waals surface area contributed by atoms with Crippen LogP contribution >= 0.6 is 0 Å². The lowest BCUT2D eigenvalue weighted by Crippen LogP contribution is -2.48. The number of hydrogen-bond donors (Lipinski definition) is 0. The molecule has 2 fully saturated rings. The van der Waals surface area contributed by atoms with Gasteiger partial charge in [0.2, 0.25) is 5.91 Å². The average Bonchev–Trinajstić information content (AvgIpc) is 3.13. The third kappa shape index (κ3) is 4.95. The van der Waals surface area contributed by atoms with E-state index in [2.05, 4.69) is 0 Å². The number of carbonyl (C=O) groups is 1. The van der Waals surface area contributed by atoms with Crippen molar-refractivity contribution >= 4 is 12.0 Å². The van der Waals surface area contributed by atoms with Crippen LogP contribution in [0.5, 0.6) is 0 Å². The van der Waals surface area contributed by atoms with Gasteiger partial charge in [0.1, 0.15) is 17.7 Å². The maximum Gasteiger partial charge on any atom is 0.247 e. The minimum Gasteiger partial charge on any atom is -0.365 e. The van der Waals surface area contributed by atoms with Gasteiger partial charge >= 0.3 is 0 Å². The molecule has 0 saturated carbocycles. The Hall–Kier alpha value is -3.31. The summed E-state index contributed by atoms with van der Waals surface area (Å²) in [5.41, 5.74) is 2.65. The molecule has 0 aromatic heterocycles. The van der Waals surface area contributed by atoms with Crippen LogP contribution in [0.25, 0.3) is 6.08 Å². The largest absolute Gasteiger partial charge is 0.365 e. The third-order valence-electron chi connectivity index (χ3n) is 6.84. The maximum atomic E-state index is 13.5. The van der Waals surface area contributed by atoms with Gasteiger partial charge in [-0.2, -0.15) is 0 Å². The fourth-order valence-electron chi connectivity index (χ4n) is 5.23. The van der Waals surface area contributed by atoms with E-state index < -0.39 is 6.10 Å². The van der Waals surface area contributed by atoms with Gasteiger partial charge < -0.3 is 9.64 Å². The second-order valence-corrected chi connectivity index (χ2v) is 9.09. The Bertz CT molecular complexity index is 1090. The van der Waals surface area contributed by atoms with Gasteiger partial charge in [-0.25, -0.2) is 8.78 Å². The topological polar surface area (TPSA) is 29.5 Å². The van der Waals surface area contributed by atoms with Crippen LogP contribution in [0.15, 0.2) is 84.9 Å². The van der Waals surface area contributed by atoms with Crippen molar-refractivity contribution < 1.29 is 18.3 Å². The Morgan fingerprint density at radius 2 is 1.35 bits per heavy atom. The molecule has 3 aromatic rings. The first kappa shape index (κ1) is 22.5. The minimum atomic E-state index is -0.425. The van der Waals surface area contributed by atoms with E-state index in [-0.39, 0.29) is 35.7 Å². The van der Waals surface area contributed by atoms with Crippen LogP contribution in [0, 0.1) is 11.6 Å². The second kappa shape index (κ2) is 9.90. The van der Waals surface area contributed by atoms with Gasteiger partial charge in [0.25, 0.3) is 0 Å². The van der Waals surface area contributed by atoms with Crippen molar-refractivity contribution in [3.63, 3.8) is 0 Å². The number of piperidine rings is 1. The summed E-state index contributed by atoms with van der Waals surface area (Å²) < 4.78 is 33.6. The minimum absolute atomic E-state index is 0.0419. The normalized spacial score (nSPS) is 22.0. The summed E-state index contributed by atoms with van der Waals surface area (Å²) in [7, 11) is 0. The molecule has 0 spiro atoms. The summed E-state index contributed by atoms with van der Waals surface area (Å²) >= 11 is 0. The van der Waals surface area contributed by atoms with Crippen molar-refractivity contribution in [1.82, 2.24) is 4.90 Å². The predicted octanol–water partition coefficient (Wildman–Crippen LogP) is 6.31. The van der Waals surface area contributed by atoms with Crippen molar-refractivity contribution in [2.45, 2.75) is 50.0 Å². The Balaban J connectivity index is 1.31. The molecule has 174 valence electrons. The lowest BCUT2D eigenvalue weighted by molar-refractivity contribution is -0.134. The van der Waals surface area contributed by atoms with Crippen LogP contribution in [0.4, 0.5) is 8.78 Å². The monoisotopic (exact) mass is 459 g/mol. The fourth-order valence-corrected chi connectivity index (χ4v) is 5.23. The van der Waals surface area contributed by atoms with Crippen LogP contribution in [-0.2, 0) is 9.53 Å². The van der Waals surface area contributed by atoms with Gasteiger partial charge in [0.15, 0.2) is 0 Å². The number of carbonyl (C=O) groups excluding carboxylic acids is 1. The Morgan fingerprint density at radius 1 is 0.824 bits per heavy atom. The molecular weight excluding hydrogens is 432 g/mol. The molecule has 2 aliphatic rings. The average molecular weight is 460 g/mol. The molecule has 3 nitrogen and oxygen atoms in total. The molecule has 2 unspecified atom stereocenters. The van der Waals surface area contributed by atoms with E-state index >= 15 is 0 Å². The highest BCUT2D eigenvalue weighted by molar-refractivity contribution is 5.92. The number of hydrogen-bond acceptors (Lipinski definition) is 2. The molecule has 1 amide bonds. The molecule has 0 aliphatic carbocycles. The van der Waals surface area contributed by atoms with Crippen LogP contribution in [0.3, 0.4) is 0 Å².